The number of alkyl halides is 3. The third-order valence-corrected chi connectivity index (χ3v) is 4.66. The Bertz CT molecular complexity index is 1050. The van der Waals surface area contributed by atoms with Crippen LogP contribution in [-0.4, -0.2) is 36.1 Å². The third kappa shape index (κ3) is 4.16. The average molecular weight is 403 g/mol. The van der Waals surface area contributed by atoms with Crippen molar-refractivity contribution in [1.82, 2.24) is 9.97 Å². The molecule has 0 saturated carbocycles. The highest BCUT2D eigenvalue weighted by molar-refractivity contribution is 5.94. The second kappa shape index (κ2) is 7.69. The zero-order chi connectivity index (χ0) is 21.3. The molecular weight excluding hydrogens is 383 g/mol. The Morgan fingerprint density at radius 3 is 2.24 bits per heavy atom. The summed E-state index contributed by atoms with van der Waals surface area (Å²) in [6, 6.07) is 9.70. The van der Waals surface area contributed by atoms with Crippen LogP contribution in [0.1, 0.15) is 29.8 Å². The number of anilines is 1. The Morgan fingerprint density at radius 1 is 1.03 bits per heavy atom. The molecule has 0 amide bonds. The summed E-state index contributed by atoms with van der Waals surface area (Å²) in [7, 11) is 3.13. The minimum atomic E-state index is -4.41. The number of halogens is 3. The highest BCUT2D eigenvalue weighted by Crippen LogP contribution is 2.34. The standard InChI is InChI=1S/C21H20F3N3O2/c1-12(2)27(3)19-18(13-5-8-15(9-6-13)21(22,23)24)25-16-10-7-14(20(28)29-4)11-17(16)26-19/h5-12H,1-4H3. The molecule has 0 aliphatic carbocycles. The maximum absolute atomic E-state index is 12.9. The van der Waals surface area contributed by atoms with Crippen molar-refractivity contribution in [3.05, 3.63) is 53.6 Å². The topological polar surface area (TPSA) is 55.3 Å². The lowest BCUT2D eigenvalue weighted by molar-refractivity contribution is -0.137. The predicted molar refractivity (Wildman–Crippen MR) is 105 cm³/mol. The van der Waals surface area contributed by atoms with E-state index in [0.29, 0.717) is 33.7 Å². The van der Waals surface area contributed by atoms with Crippen LogP contribution in [0, 0.1) is 0 Å². The van der Waals surface area contributed by atoms with Crippen molar-refractivity contribution in [3.8, 4) is 11.3 Å². The van der Waals surface area contributed by atoms with Crippen LogP contribution in [-0.2, 0) is 10.9 Å². The number of carbonyl (C=O) groups is 1. The van der Waals surface area contributed by atoms with Gasteiger partial charge in [-0.3, -0.25) is 0 Å². The van der Waals surface area contributed by atoms with Gasteiger partial charge in [-0.2, -0.15) is 13.2 Å². The van der Waals surface area contributed by atoms with Crippen molar-refractivity contribution in [2.24, 2.45) is 0 Å². The molecule has 2 aromatic carbocycles. The molecule has 0 aliphatic rings. The molecule has 3 rings (SSSR count). The van der Waals surface area contributed by atoms with Gasteiger partial charge in [0, 0.05) is 18.7 Å². The fourth-order valence-electron chi connectivity index (χ4n) is 2.79. The molecule has 0 radical (unpaired) electrons. The van der Waals surface area contributed by atoms with Gasteiger partial charge < -0.3 is 9.64 Å². The van der Waals surface area contributed by atoms with Crippen molar-refractivity contribution in [2.75, 3.05) is 19.1 Å². The summed E-state index contributed by atoms with van der Waals surface area (Å²) in [4.78, 5) is 23.0. The van der Waals surface area contributed by atoms with Gasteiger partial charge in [-0.25, -0.2) is 14.8 Å². The predicted octanol–water partition coefficient (Wildman–Crippen LogP) is 4.95. The van der Waals surface area contributed by atoms with Gasteiger partial charge in [0.15, 0.2) is 5.82 Å². The van der Waals surface area contributed by atoms with Gasteiger partial charge in [-0.15, -0.1) is 0 Å². The van der Waals surface area contributed by atoms with E-state index < -0.39 is 17.7 Å². The van der Waals surface area contributed by atoms with E-state index in [2.05, 4.69) is 9.97 Å². The van der Waals surface area contributed by atoms with Gasteiger partial charge in [0.1, 0.15) is 5.69 Å². The van der Waals surface area contributed by atoms with E-state index in [4.69, 9.17) is 4.74 Å². The van der Waals surface area contributed by atoms with Gasteiger partial charge in [0.25, 0.3) is 0 Å². The number of carbonyl (C=O) groups excluding carboxylic acids is 1. The maximum atomic E-state index is 12.9. The van der Waals surface area contributed by atoms with Crippen LogP contribution in [0.3, 0.4) is 0 Å². The van der Waals surface area contributed by atoms with Gasteiger partial charge in [-0.05, 0) is 44.2 Å². The van der Waals surface area contributed by atoms with Gasteiger partial charge in [0.05, 0.1) is 29.3 Å². The Kier molecular flexibility index (Phi) is 5.46. The lowest BCUT2D eigenvalue weighted by atomic mass is 10.1. The largest absolute Gasteiger partial charge is 0.465 e. The second-order valence-corrected chi connectivity index (χ2v) is 6.87. The Labute approximate surface area is 166 Å². The van der Waals surface area contributed by atoms with Crippen LogP contribution < -0.4 is 4.90 Å². The molecule has 0 spiro atoms. The van der Waals surface area contributed by atoms with Crippen LogP contribution in [0.2, 0.25) is 0 Å². The van der Waals surface area contributed by atoms with Gasteiger partial charge in [-0.1, -0.05) is 12.1 Å². The fourth-order valence-corrected chi connectivity index (χ4v) is 2.79. The highest BCUT2D eigenvalue weighted by atomic mass is 19.4. The summed E-state index contributed by atoms with van der Waals surface area (Å²) < 4.78 is 43.4. The minimum Gasteiger partial charge on any atom is -0.465 e. The van der Waals surface area contributed by atoms with Crippen molar-refractivity contribution < 1.29 is 22.7 Å². The number of nitrogens with zero attached hydrogens (tertiary/aromatic N) is 3. The van der Waals surface area contributed by atoms with E-state index in [0.717, 1.165) is 12.1 Å². The molecule has 0 bridgehead atoms. The first kappa shape index (κ1) is 20.6. The number of benzene rings is 2. The molecular formula is C21H20F3N3O2. The van der Waals surface area contributed by atoms with E-state index >= 15 is 0 Å². The summed E-state index contributed by atoms with van der Waals surface area (Å²) >= 11 is 0. The number of hydrogen-bond acceptors (Lipinski definition) is 5. The molecule has 3 aromatic rings. The van der Waals surface area contributed by atoms with Crippen LogP contribution in [0.15, 0.2) is 42.5 Å². The molecule has 29 heavy (non-hydrogen) atoms. The summed E-state index contributed by atoms with van der Waals surface area (Å²) in [5.41, 5.74) is 1.62. The monoisotopic (exact) mass is 403 g/mol. The molecule has 0 atom stereocenters. The van der Waals surface area contributed by atoms with Crippen LogP contribution in [0.5, 0.6) is 0 Å². The first-order valence-corrected chi connectivity index (χ1v) is 8.92. The van der Waals surface area contributed by atoms with E-state index in [1.807, 2.05) is 25.8 Å². The van der Waals surface area contributed by atoms with Crippen molar-refractivity contribution in [1.29, 1.82) is 0 Å². The lowest BCUT2D eigenvalue weighted by Gasteiger charge is -2.25. The lowest BCUT2D eigenvalue weighted by Crippen LogP contribution is -2.27. The normalized spacial score (nSPS) is 11.7. The number of rotatable bonds is 4. The van der Waals surface area contributed by atoms with Crippen LogP contribution >= 0.6 is 0 Å². The molecule has 0 unspecified atom stereocenters. The quantitative estimate of drug-likeness (QED) is 0.577. The summed E-state index contributed by atoms with van der Waals surface area (Å²) in [6.45, 7) is 3.93. The van der Waals surface area contributed by atoms with Gasteiger partial charge >= 0.3 is 12.1 Å². The molecule has 152 valence electrons. The van der Waals surface area contributed by atoms with E-state index in [1.54, 1.807) is 18.2 Å². The zero-order valence-corrected chi connectivity index (χ0v) is 16.4. The molecule has 0 fully saturated rings. The van der Waals surface area contributed by atoms with E-state index in [-0.39, 0.29) is 6.04 Å². The third-order valence-electron chi connectivity index (χ3n) is 4.66. The highest BCUT2D eigenvalue weighted by Gasteiger charge is 2.30. The molecule has 8 heteroatoms. The zero-order valence-electron chi connectivity index (χ0n) is 16.4. The molecule has 0 saturated heterocycles. The summed E-state index contributed by atoms with van der Waals surface area (Å²) in [5.74, 6) is 0.0218. The molecule has 5 nitrogen and oxygen atoms in total. The van der Waals surface area contributed by atoms with E-state index in [1.165, 1.54) is 19.2 Å². The van der Waals surface area contributed by atoms with Crippen molar-refractivity contribution in [2.45, 2.75) is 26.1 Å². The SMILES string of the molecule is COC(=O)c1ccc2nc(-c3ccc(C(F)(F)F)cc3)c(N(C)C(C)C)nc2c1. The first-order valence-electron chi connectivity index (χ1n) is 8.92. The van der Waals surface area contributed by atoms with Crippen molar-refractivity contribution >= 4 is 22.8 Å². The molecule has 1 aromatic heterocycles. The van der Waals surface area contributed by atoms with Crippen LogP contribution in [0.4, 0.5) is 19.0 Å². The maximum Gasteiger partial charge on any atom is 0.416 e. The Hall–Kier alpha value is -3.16. The van der Waals surface area contributed by atoms with E-state index in [9.17, 15) is 18.0 Å². The summed E-state index contributed by atoms with van der Waals surface area (Å²) in [6.07, 6.45) is -4.41. The Morgan fingerprint density at radius 2 is 1.69 bits per heavy atom. The van der Waals surface area contributed by atoms with Crippen LogP contribution in [0.25, 0.3) is 22.3 Å². The number of ether oxygens (including phenoxy) is 1. The number of hydrogen-bond donors (Lipinski definition) is 0. The second-order valence-electron chi connectivity index (χ2n) is 6.87. The average Bonchev–Trinajstić information content (AvgIpc) is 2.70. The minimum absolute atomic E-state index is 0.0683. The van der Waals surface area contributed by atoms with Crippen molar-refractivity contribution in [3.63, 3.8) is 0 Å². The molecule has 1 heterocycles. The number of aromatic nitrogens is 2. The fraction of sp³-hybridized carbons (Fsp3) is 0.286. The number of fused-ring (bicyclic) bond motifs is 1. The number of esters is 1. The molecule has 0 N–H and O–H groups in total. The smallest absolute Gasteiger partial charge is 0.416 e. The molecule has 0 aliphatic heterocycles. The van der Waals surface area contributed by atoms with Gasteiger partial charge in [0.2, 0.25) is 0 Å². The number of methoxy groups -OCH3 is 1. The first-order chi connectivity index (χ1) is 13.6. The summed E-state index contributed by atoms with van der Waals surface area (Å²) in [5, 5.41) is 0. The Balaban J connectivity index is 2.19.